The molecule has 0 radical (unpaired) electrons. The second kappa shape index (κ2) is 7.72. The molecule has 1 amide bonds. The van der Waals surface area contributed by atoms with Crippen LogP contribution >= 0.6 is 11.3 Å². The average Bonchev–Trinajstić information content (AvgIpc) is 2.82. The molecule has 8 heteroatoms. The number of hydrogen-bond acceptors (Lipinski definition) is 5. The van der Waals surface area contributed by atoms with Crippen molar-refractivity contribution in [3.63, 3.8) is 0 Å². The van der Waals surface area contributed by atoms with Crippen LogP contribution in [0.25, 0.3) is 0 Å². The van der Waals surface area contributed by atoms with Crippen LogP contribution in [0.15, 0.2) is 0 Å². The zero-order valence-corrected chi connectivity index (χ0v) is 12.7. The van der Waals surface area contributed by atoms with Crippen LogP contribution in [-0.2, 0) is 9.59 Å². The highest BCUT2D eigenvalue weighted by molar-refractivity contribution is 7.17. The van der Waals surface area contributed by atoms with E-state index in [-0.39, 0.29) is 28.8 Å². The van der Waals surface area contributed by atoms with Gasteiger partial charge in [0, 0.05) is 12.3 Å². The monoisotopic (exact) mass is 314 g/mol. The Morgan fingerprint density at radius 1 is 1.19 bits per heavy atom. The molecule has 0 saturated heterocycles. The number of nitrogens with zero attached hydrogens (tertiary/aromatic N) is 1. The number of hydrogen-bond donors (Lipinski definition) is 3. The van der Waals surface area contributed by atoms with Crippen LogP contribution in [0.5, 0.6) is 0 Å². The number of thiazole rings is 1. The van der Waals surface area contributed by atoms with Crippen LogP contribution in [0, 0.1) is 0 Å². The molecule has 3 N–H and O–H groups in total. The van der Waals surface area contributed by atoms with Gasteiger partial charge in [-0.1, -0.05) is 25.2 Å². The molecule has 0 aliphatic rings. The topological polar surface area (TPSA) is 117 Å². The molecule has 21 heavy (non-hydrogen) atoms. The van der Waals surface area contributed by atoms with E-state index in [2.05, 4.69) is 10.3 Å². The fourth-order valence-corrected chi connectivity index (χ4v) is 2.80. The molecule has 1 aromatic heterocycles. The highest BCUT2D eigenvalue weighted by Gasteiger charge is 2.23. The van der Waals surface area contributed by atoms with Gasteiger partial charge in [-0.25, -0.2) is 9.78 Å². The van der Waals surface area contributed by atoms with Crippen molar-refractivity contribution >= 4 is 34.3 Å². The first-order chi connectivity index (χ1) is 9.88. The van der Waals surface area contributed by atoms with Gasteiger partial charge >= 0.3 is 11.9 Å². The Balaban J connectivity index is 2.89. The van der Waals surface area contributed by atoms with Crippen LogP contribution in [0.4, 0.5) is 5.13 Å². The Hall–Kier alpha value is -1.96. The molecule has 0 atom stereocenters. The summed E-state index contributed by atoms with van der Waals surface area (Å²) in [5.74, 6) is -2.59. The molecule has 0 fully saturated rings. The molecule has 0 spiro atoms. The number of amides is 1. The van der Waals surface area contributed by atoms with E-state index < -0.39 is 17.8 Å². The molecular weight excluding hydrogens is 296 g/mol. The Labute approximate surface area is 126 Å². The highest BCUT2D eigenvalue weighted by atomic mass is 32.1. The fourth-order valence-electron chi connectivity index (χ4n) is 1.89. The first kappa shape index (κ1) is 17.1. The number of carbonyl (C=O) groups excluding carboxylic acids is 1. The predicted octanol–water partition coefficient (Wildman–Crippen LogP) is 2.55. The van der Waals surface area contributed by atoms with E-state index in [4.69, 9.17) is 5.11 Å². The maximum atomic E-state index is 11.6. The van der Waals surface area contributed by atoms with Gasteiger partial charge < -0.3 is 15.5 Å². The minimum absolute atomic E-state index is 0.0250. The van der Waals surface area contributed by atoms with E-state index in [1.165, 1.54) is 0 Å². The van der Waals surface area contributed by atoms with Gasteiger partial charge in [0.05, 0.1) is 12.1 Å². The Bertz CT molecular complexity index is 537. The zero-order valence-electron chi connectivity index (χ0n) is 11.9. The van der Waals surface area contributed by atoms with Crippen molar-refractivity contribution in [3.05, 3.63) is 10.6 Å². The molecule has 0 unspecified atom stereocenters. The van der Waals surface area contributed by atoms with E-state index in [1.54, 1.807) is 0 Å². The molecule has 1 heterocycles. The molecule has 0 aromatic carbocycles. The molecule has 7 nitrogen and oxygen atoms in total. The molecule has 0 aliphatic carbocycles. The van der Waals surface area contributed by atoms with Crippen LogP contribution in [0.3, 0.4) is 0 Å². The second-order valence-electron chi connectivity index (χ2n) is 4.49. The fraction of sp³-hybridized carbons (Fsp3) is 0.538. The van der Waals surface area contributed by atoms with Crippen LogP contribution in [0.2, 0.25) is 0 Å². The largest absolute Gasteiger partial charge is 0.481 e. The van der Waals surface area contributed by atoms with Gasteiger partial charge in [-0.3, -0.25) is 9.59 Å². The molecular formula is C13H18N2O5S. The van der Waals surface area contributed by atoms with Crippen molar-refractivity contribution in [2.24, 2.45) is 0 Å². The third kappa shape index (κ3) is 4.82. The standard InChI is InChI=1S/C13H18N2O5S/c1-3-7(4-2)10-11(12(19)20)21-13(15-10)14-8(16)5-6-9(17)18/h7H,3-6H2,1-2H3,(H,17,18)(H,19,20)(H,14,15,16). The van der Waals surface area contributed by atoms with Gasteiger partial charge in [-0.15, -0.1) is 0 Å². The minimum Gasteiger partial charge on any atom is -0.481 e. The van der Waals surface area contributed by atoms with Crippen molar-refractivity contribution in [3.8, 4) is 0 Å². The third-order valence-electron chi connectivity index (χ3n) is 3.03. The van der Waals surface area contributed by atoms with Gasteiger partial charge in [0.25, 0.3) is 0 Å². The van der Waals surface area contributed by atoms with E-state index in [0.717, 1.165) is 24.2 Å². The number of aromatic nitrogens is 1. The summed E-state index contributed by atoms with van der Waals surface area (Å²) in [5.41, 5.74) is 0.478. The zero-order chi connectivity index (χ0) is 16.0. The third-order valence-corrected chi connectivity index (χ3v) is 4.01. The Morgan fingerprint density at radius 2 is 1.81 bits per heavy atom. The van der Waals surface area contributed by atoms with E-state index in [0.29, 0.717) is 5.69 Å². The summed E-state index contributed by atoms with van der Waals surface area (Å²) < 4.78 is 0. The first-order valence-electron chi connectivity index (χ1n) is 6.64. The lowest BCUT2D eigenvalue weighted by Gasteiger charge is -2.09. The number of carbonyl (C=O) groups is 3. The quantitative estimate of drug-likeness (QED) is 0.679. The van der Waals surface area contributed by atoms with Crippen LogP contribution in [-0.4, -0.2) is 33.0 Å². The highest BCUT2D eigenvalue weighted by Crippen LogP contribution is 2.32. The Kier molecular flexibility index (Phi) is 6.29. The summed E-state index contributed by atoms with van der Waals surface area (Å²) in [5, 5.41) is 20.4. The minimum atomic E-state index is -1.07. The maximum Gasteiger partial charge on any atom is 0.347 e. The van der Waals surface area contributed by atoms with E-state index in [9.17, 15) is 19.5 Å². The van der Waals surface area contributed by atoms with Crippen molar-refractivity contribution < 1.29 is 24.6 Å². The normalized spacial score (nSPS) is 10.6. The van der Waals surface area contributed by atoms with Gasteiger partial charge in [-0.05, 0) is 12.8 Å². The summed E-state index contributed by atoms with van der Waals surface area (Å²) >= 11 is 0.899. The summed E-state index contributed by atoms with van der Waals surface area (Å²) in [7, 11) is 0. The summed E-state index contributed by atoms with van der Waals surface area (Å²) in [6.45, 7) is 3.90. The number of carboxylic acids is 2. The van der Waals surface area contributed by atoms with E-state index in [1.807, 2.05) is 13.8 Å². The van der Waals surface area contributed by atoms with Gasteiger partial charge in [-0.2, -0.15) is 0 Å². The molecule has 0 aliphatic heterocycles. The van der Waals surface area contributed by atoms with E-state index >= 15 is 0 Å². The lowest BCUT2D eigenvalue weighted by Crippen LogP contribution is -2.13. The maximum absolute atomic E-state index is 11.6. The smallest absolute Gasteiger partial charge is 0.347 e. The SMILES string of the molecule is CCC(CC)c1nc(NC(=O)CCC(=O)O)sc1C(=O)O. The van der Waals surface area contributed by atoms with Gasteiger partial charge in [0.2, 0.25) is 5.91 Å². The van der Waals surface area contributed by atoms with Crippen molar-refractivity contribution in [2.75, 3.05) is 5.32 Å². The summed E-state index contributed by atoms with van der Waals surface area (Å²) in [6, 6.07) is 0. The summed E-state index contributed by atoms with van der Waals surface area (Å²) in [6.07, 6.45) is 1.07. The molecule has 0 bridgehead atoms. The lowest BCUT2D eigenvalue weighted by molar-refractivity contribution is -0.138. The number of aliphatic carboxylic acids is 1. The first-order valence-corrected chi connectivity index (χ1v) is 7.46. The average molecular weight is 314 g/mol. The predicted molar refractivity (Wildman–Crippen MR) is 77.9 cm³/mol. The van der Waals surface area contributed by atoms with Crippen LogP contribution < -0.4 is 5.32 Å². The number of anilines is 1. The van der Waals surface area contributed by atoms with Crippen molar-refractivity contribution in [1.82, 2.24) is 4.98 Å². The number of aromatic carboxylic acids is 1. The molecule has 1 rings (SSSR count). The van der Waals surface area contributed by atoms with Crippen molar-refractivity contribution in [1.29, 1.82) is 0 Å². The van der Waals surface area contributed by atoms with Gasteiger partial charge in [0.1, 0.15) is 4.88 Å². The van der Waals surface area contributed by atoms with Gasteiger partial charge in [0.15, 0.2) is 5.13 Å². The molecule has 0 saturated carbocycles. The van der Waals surface area contributed by atoms with Crippen molar-refractivity contribution in [2.45, 2.75) is 45.4 Å². The number of carboxylic acid groups (broad SMARTS) is 2. The Morgan fingerprint density at radius 3 is 2.29 bits per heavy atom. The van der Waals surface area contributed by atoms with Crippen LogP contribution in [0.1, 0.15) is 60.8 Å². The number of rotatable bonds is 8. The molecule has 116 valence electrons. The number of nitrogens with one attached hydrogen (secondary N) is 1. The lowest BCUT2D eigenvalue weighted by atomic mass is 9.98. The molecule has 1 aromatic rings. The summed E-state index contributed by atoms with van der Waals surface area (Å²) in [4.78, 5) is 37.5. The second-order valence-corrected chi connectivity index (χ2v) is 5.49.